The molecule has 4 heteroatoms. The summed E-state index contributed by atoms with van der Waals surface area (Å²) in [6.45, 7) is 11.3. The third-order valence-electron chi connectivity index (χ3n) is 8.65. The van der Waals surface area contributed by atoms with Crippen LogP contribution in [-0.4, -0.2) is 14.4 Å². The fourth-order valence-electron chi connectivity index (χ4n) is 6.51. The molecule has 231 valence electrons. The first-order chi connectivity index (χ1) is 21.9. The predicted octanol–water partition coefficient (Wildman–Crippen LogP) is 10.9. The first-order valence-electron chi connectivity index (χ1n) is 15.9. The number of pyridine rings is 2. The van der Waals surface area contributed by atoms with Gasteiger partial charge in [0.05, 0.1) is 0 Å². The summed E-state index contributed by atoms with van der Waals surface area (Å²) in [5.41, 5.74) is 12.0. The number of hydrogen-bond acceptors (Lipinski definition) is 2. The van der Waals surface area contributed by atoms with Crippen LogP contribution in [0.5, 0.6) is 0 Å². The number of hydrogen-bond donors (Lipinski definition) is 0. The van der Waals surface area contributed by atoms with E-state index in [1.54, 1.807) is 6.20 Å². The Kier molecular flexibility index (Phi) is 9.04. The van der Waals surface area contributed by atoms with Crippen LogP contribution in [-0.2, 0) is 26.5 Å². The van der Waals surface area contributed by atoms with Gasteiger partial charge in [-0.3, -0.25) is 4.98 Å². The van der Waals surface area contributed by atoms with Crippen LogP contribution in [0.4, 0.5) is 0 Å². The minimum Gasteiger partial charge on any atom is -0.348 e. The molecule has 3 nitrogen and oxygen atoms in total. The minimum absolute atomic E-state index is 0. The average Bonchev–Trinajstić information content (AvgIpc) is 3.58. The molecule has 0 unspecified atom stereocenters. The van der Waals surface area contributed by atoms with Gasteiger partial charge in [-0.2, -0.15) is 0 Å². The third-order valence-corrected chi connectivity index (χ3v) is 8.65. The van der Waals surface area contributed by atoms with Crippen molar-refractivity contribution in [1.29, 1.82) is 0 Å². The van der Waals surface area contributed by atoms with Crippen molar-refractivity contribution in [3.8, 4) is 22.5 Å². The van der Waals surface area contributed by atoms with Crippen molar-refractivity contribution >= 4 is 38.1 Å². The Bertz CT molecular complexity index is 2210. The van der Waals surface area contributed by atoms with Gasteiger partial charge in [0.25, 0.3) is 0 Å². The summed E-state index contributed by atoms with van der Waals surface area (Å²) in [6.07, 6.45) is 4.89. The molecule has 4 aromatic heterocycles. The maximum Gasteiger partial charge on any atom is 0.0464 e. The molecule has 0 fully saturated rings. The van der Waals surface area contributed by atoms with Gasteiger partial charge in [0.1, 0.15) is 0 Å². The van der Waals surface area contributed by atoms with E-state index in [4.69, 9.17) is 4.98 Å². The van der Waals surface area contributed by atoms with Gasteiger partial charge in [-0.05, 0) is 59.7 Å². The molecule has 0 bridgehead atoms. The SMILES string of the molecule is Cc1cnc(-c2[c-]c3c4cccc5c6ccccc6n(c3c(C(C)C)c2)c45)cc1CC(C)C.[Ir].[c-]1ccccc1-c1ccccn1. The van der Waals surface area contributed by atoms with Gasteiger partial charge in [-0.1, -0.05) is 104 Å². The van der Waals surface area contributed by atoms with E-state index in [1.807, 2.05) is 48.7 Å². The van der Waals surface area contributed by atoms with Crippen LogP contribution in [0.15, 0.2) is 109 Å². The van der Waals surface area contributed by atoms with E-state index in [0.29, 0.717) is 11.8 Å². The van der Waals surface area contributed by atoms with Crippen molar-refractivity contribution in [2.45, 2.75) is 47.0 Å². The predicted molar refractivity (Wildman–Crippen MR) is 189 cm³/mol. The van der Waals surface area contributed by atoms with E-state index in [0.717, 1.165) is 28.9 Å². The summed E-state index contributed by atoms with van der Waals surface area (Å²) in [5, 5.41) is 5.11. The number of aromatic nitrogens is 3. The Morgan fingerprint density at radius 3 is 2.22 bits per heavy atom. The van der Waals surface area contributed by atoms with Crippen LogP contribution >= 0.6 is 0 Å². The summed E-state index contributed by atoms with van der Waals surface area (Å²) in [5.74, 6) is 1.00. The molecule has 46 heavy (non-hydrogen) atoms. The van der Waals surface area contributed by atoms with Gasteiger partial charge in [-0.15, -0.1) is 48.0 Å². The second-order valence-electron chi connectivity index (χ2n) is 12.7. The maximum absolute atomic E-state index is 4.84. The zero-order valence-corrected chi connectivity index (χ0v) is 29.3. The van der Waals surface area contributed by atoms with Crippen LogP contribution in [0.1, 0.15) is 50.3 Å². The Hall–Kier alpha value is -4.37. The topological polar surface area (TPSA) is 30.2 Å². The molecule has 0 aliphatic carbocycles. The van der Waals surface area contributed by atoms with E-state index in [9.17, 15) is 0 Å². The molecule has 4 heterocycles. The molecule has 8 rings (SSSR count). The van der Waals surface area contributed by atoms with Crippen molar-refractivity contribution in [1.82, 2.24) is 14.4 Å². The normalized spacial score (nSPS) is 11.5. The molecule has 0 atom stereocenters. The van der Waals surface area contributed by atoms with Crippen molar-refractivity contribution in [2.24, 2.45) is 5.92 Å². The van der Waals surface area contributed by atoms with E-state index in [-0.39, 0.29) is 20.1 Å². The molecule has 1 radical (unpaired) electrons. The van der Waals surface area contributed by atoms with Gasteiger partial charge >= 0.3 is 0 Å². The third kappa shape index (κ3) is 5.73. The fraction of sp³-hybridized carbons (Fsp3) is 0.190. The van der Waals surface area contributed by atoms with Crippen molar-refractivity contribution in [3.63, 3.8) is 0 Å². The Morgan fingerprint density at radius 1 is 0.717 bits per heavy atom. The van der Waals surface area contributed by atoms with E-state index in [1.165, 1.54) is 54.8 Å². The number of fused-ring (bicyclic) bond motifs is 6. The average molecular weight is 776 g/mol. The van der Waals surface area contributed by atoms with E-state index < -0.39 is 0 Å². The zero-order valence-electron chi connectivity index (χ0n) is 26.9. The number of para-hydroxylation sites is 2. The number of benzene rings is 4. The molecule has 8 aromatic rings. The molecular weight excluding hydrogens is 739 g/mol. The first-order valence-corrected chi connectivity index (χ1v) is 15.9. The van der Waals surface area contributed by atoms with Gasteiger partial charge < -0.3 is 9.38 Å². The summed E-state index contributed by atoms with van der Waals surface area (Å²) < 4.78 is 2.47. The van der Waals surface area contributed by atoms with Crippen LogP contribution in [0.25, 0.3) is 60.6 Å². The van der Waals surface area contributed by atoms with Crippen molar-refractivity contribution in [3.05, 3.63) is 138 Å². The Morgan fingerprint density at radius 2 is 1.48 bits per heavy atom. The second-order valence-corrected chi connectivity index (χ2v) is 12.7. The molecule has 0 spiro atoms. The summed E-state index contributed by atoms with van der Waals surface area (Å²) in [7, 11) is 0. The number of aryl methyl sites for hydroxylation is 1. The molecule has 0 saturated heterocycles. The largest absolute Gasteiger partial charge is 0.348 e. The smallest absolute Gasteiger partial charge is 0.0464 e. The zero-order chi connectivity index (χ0) is 31.1. The standard InChI is InChI=1S/C31H29N2.C11H8N.Ir/c1-18(2)13-21-16-28(32-17-20(21)5)22-14-26(19(3)4)31-27(15-22)25-11-8-10-24-23-9-6-7-12-29(23)33(31)30(24)25;1-2-6-10(7-3-1)11-8-4-5-9-12-11;/h6-12,14,16-19H,13H2,1-5H3;1-6,8-9H;/q2*-1;. The Balaban J connectivity index is 0.000000241. The molecule has 0 N–H and O–H groups in total. The van der Waals surface area contributed by atoms with Gasteiger partial charge in [0, 0.05) is 60.0 Å². The molecule has 0 amide bonds. The summed E-state index contributed by atoms with van der Waals surface area (Å²) >= 11 is 0. The molecule has 4 aromatic carbocycles. The monoisotopic (exact) mass is 776 g/mol. The fourth-order valence-corrected chi connectivity index (χ4v) is 6.51. The second kappa shape index (κ2) is 13.2. The number of nitrogens with zero attached hydrogens (tertiary/aromatic N) is 3. The van der Waals surface area contributed by atoms with Gasteiger partial charge in [-0.25, -0.2) is 0 Å². The molecule has 0 saturated carbocycles. The van der Waals surface area contributed by atoms with E-state index >= 15 is 0 Å². The van der Waals surface area contributed by atoms with Crippen LogP contribution in [0, 0.1) is 25.0 Å². The molecule has 0 aliphatic rings. The summed E-state index contributed by atoms with van der Waals surface area (Å²) in [4.78, 5) is 9.06. The minimum atomic E-state index is 0. The molecule has 0 aliphatic heterocycles. The summed E-state index contributed by atoms with van der Waals surface area (Å²) in [6, 6.07) is 40.7. The van der Waals surface area contributed by atoms with Gasteiger partial charge in [0.15, 0.2) is 0 Å². The van der Waals surface area contributed by atoms with Crippen molar-refractivity contribution < 1.29 is 20.1 Å². The van der Waals surface area contributed by atoms with Crippen LogP contribution in [0.3, 0.4) is 0 Å². The maximum atomic E-state index is 4.84. The quantitative estimate of drug-likeness (QED) is 0.163. The number of rotatable bonds is 5. The van der Waals surface area contributed by atoms with Crippen LogP contribution < -0.4 is 0 Å². The van der Waals surface area contributed by atoms with Crippen LogP contribution in [0.2, 0.25) is 0 Å². The first kappa shape index (κ1) is 31.6. The molecular formula is C42H37IrN3-2. The van der Waals surface area contributed by atoms with Gasteiger partial charge in [0.2, 0.25) is 0 Å². The van der Waals surface area contributed by atoms with Crippen molar-refractivity contribution in [2.75, 3.05) is 0 Å². The Labute approximate surface area is 285 Å². The van der Waals surface area contributed by atoms with E-state index in [2.05, 4.69) is 111 Å².